The number of nitrogens with zero attached hydrogens (tertiary/aromatic N) is 11. The van der Waals surface area contributed by atoms with E-state index in [2.05, 4.69) is 9.88 Å². The van der Waals surface area contributed by atoms with Gasteiger partial charge in [0.25, 0.3) is 28.8 Å². The topological polar surface area (TPSA) is 264 Å². The van der Waals surface area contributed by atoms with Crippen molar-refractivity contribution in [3.05, 3.63) is 198 Å². The Morgan fingerprint density at radius 2 is 0.829 bits per heavy atom. The van der Waals surface area contributed by atoms with Gasteiger partial charge in [-0.1, -0.05) is 42.3 Å². The molecule has 0 bridgehead atoms. The minimum absolute atomic E-state index is 0. The normalized spacial score (nSPS) is 13.3. The van der Waals surface area contributed by atoms with E-state index in [-0.39, 0.29) is 98.5 Å². The number of aromatic amines is 1. The minimum Gasteiger partial charge on any atom is -1.00 e. The van der Waals surface area contributed by atoms with Gasteiger partial charge in [-0.15, -0.1) is 11.6 Å². The number of aromatic nitrogens is 3. The first-order valence-electron chi connectivity index (χ1n) is 38.7. The molecular formula is C88H114ClN12NaO15. The number of hydrogen-bond acceptors (Lipinski definition) is 22. The zero-order valence-electron chi connectivity index (χ0n) is 70.9. The summed E-state index contributed by atoms with van der Waals surface area (Å²) in [7, 11) is 16.6. The summed E-state index contributed by atoms with van der Waals surface area (Å²) in [6, 6.07) is 38.9. The molecule has 3 aliphatic heterocycles. The first kappa shape index (κ1) is 93.9. The van der Waals surface area contributed by atoms with E-state index in [0.29, 0.717) is 161 Å². The molecule has 3 saturated heterocycles. The smallest absolute Gasteiger partial charge is 1.00 e. The number of H-pyrrole nitrogens is 1. The summed E-state index contributed by atoms with van der Waals surface area (Å²) in [5.74, 6) is 1.23. The largest absolute Gasteiger partial charge is 1.00 e. The molecule has 3 amide bonds. The molecule has 3 aromatic heterocycles. The summed E-state index contributed by atoms with van der Waals surface area (Å²) < 4.78 is 39.3. The van der Waals surface area contributed by atoms with Crippen molar-refractivity contribution in [3.63, 3.8) is 0 Å². The van der Waals surface area contributed by atoms with E-state index in [9.17, 15) is 38.4 Å². The molecule has 29 heteroatoms. The monoisotopic (exact) mass is 1640 g/mol. The van der Waals surface area contributed by atoms with Gasteiger partial charge in [0, 0.05) is 143 Å². The van der Waals surface area contributed by atoms with Crippen LogP contribution in [0.5, 0.6) is 23.1 Å². The standard InChI is InChI=1S/2C29H36N4O5.C25H27N3O5.C4H10ClN.CH4.Na.H/c1-6-38-29(36)25-26(23-19-20(2)7-12-24(23)33(28(25)35)18-13-30(3)4)31-14-16-32(17-15-31)27(34)21-8-10-22(37-5)11-9-21;1-6-37-29(35)25-26(23-19-20(2)7-12-24(23)30-27(25)38-18-17-31(3)4)32-13-15-33(16-14-32)28(34)21-8-10-22(36-5)11-9-21;1-4-33-25(31)21-22(19-15-16(2)5-10-20(19)26-23(21)29)27-11-13-28(14-12-27)24(30)17-6-8-18(32-3)9-7-17;1-6(2)4-3-5;;;/h2*7-12,19H,6,13-18H2,1-5H3;5-10,15H,4,11-14H2,1-3H3,(H,26,29);3-4H2,1-2H3;1H4;;/q;;;;;+1;-1. The van der Waals surface area contributed by atoms with Crippen LogP contribution < -0.4 is 74.3 Å². The number of esters is 3. The van der Waals surface area contributed by atoms with Crippen LogP contribution in [0.15, 0.2) is 137 Å². The zero-order valence-corrected chi connectivity index (χ0v) is 72.7. The molecule has 3 fully saturated rings. The Morgan fingerprint density at radius 1 is 0.462 bits per heavy atom. The number of rotatable bonds is 24. The Bertz CT molecular complexity index is 4990. The molecule has 6 aromatic carbocycles. The second-order valence-electron chi connectivity index (χ2n) is 28.7. The van der Waals surface area contributed by atoms with Crippen molar-refractivity contribution in [1.29, 1.82) is 0 Å². The Balaban J connectivity index is 0.000000262. The number of amides is 3. The number of pyridine rings is 3. The molecule has 0 aliphatic carbocycles. The maximum absolute atomic E-state index is 13.8. The van der Waals surface area contributed by atoms with Gasteiger partial charge in [-0.2, -0.15) is 0 Å². The second-order valence-corrected chi connectivity index (χ2v) is 29.1. The maximum Gasteiger partial charge on any atom is 1.00 e. The Hall–Kier alpha value is -10.3. The van der Waals surface area contributed by atoms with Gasteiger partial charge in [0.15, 0.2) is 0 Å². The molecule has 27 nitrogen and oxygen atoms in total. The van der Waals surface area contributed by atoms with E-state index in [0.717, 1.165) is 62.0 Å². The summed E-state index contributed by atoms with van der Waals surface area (Å²) in [6.07, 6.45) is 0. The minimum atomic E-state index is -0.645. The second kappa shape index (κ2) is 44.9. The van der Waals surface area contributed by atoms with Crippen molar-refractivity contribution in [2.24, 2.45) is 0 Å². The van der Waals surface area contributed by atoms with Crippen molar-refractivity contribution in [1.82, 2.24) is 43.9 Å². The fraction of sp³-hybridized carbons (Fsp3) is 0.420. The first-order valence-corrected chi connectivity index (χ1v) is 39.3. The molecule has 117 heavy (non-hydrogen) atoms. The van der Waals surface area contributed by atoms with Gasteiger partial charge in [0.05, 0.1) is 74.8 Å². The van der Waals surface area contributed by atoms with Crippen LogP contribution in [0.25, 0.3) is 32.7 Å². The fourth-order valence-corrected chi connectivity index (χ4v) is 14.0. The van der Waals surface area contributed by atoms with E-state index < -0.39 is 23.5 Å². The van der Waals surface area contributed by atoms with E-state index in [4.69, 9.17) is 49.7 Å². The van der Waals surface area contributed by atoms with Crippen LogP contribution in [0.3, 0.4) is 0 Å². The Morgan fingerprint density at radius 3 is 1.22 bits per heavy atom. The predicted octanol–water partition coefficient (Wildman–Crippen LogP) is 8.17. The van der Waals surface area contributed by atoms with Crippen molar-refractivity contribution >= 4 is 97.0 Å². The van der Waals surface area contributed by atoms with E-state index in [1.165, 1.54) is 0 Å². The molecule has 0 spiro atoms. The third-order valence-corrected chi connectivity index (χ3v) is 20.0. The fourth-order valence-electron chi connectivity index (χ4n) is 13.7. The van der Waals surface area contributed by atoms with Crippen LogP contribution in [0, 0.1) is 20.8 Å². The number of anilines is 3. The third-order valence-electron chi connectivity index (χ3n) is 19.8. The Kier molecular flexibility index (Phi) is 36.0. The van der Waals surface area contributed by atoms with Crippen molar-refractivity contribution in [2.45, 2.75) is 55.5 Å². The van der Waals surface area contributed by atoms with Crippen LogP contribution in [-0.4, -0.2) is 274 Å². The molecule has 9 aromatic rings. The van der Waals surface area contributed by atoms with Gasteiger partial charge in [0.1, 0.15) is 40.5 Å². The SMILES string of the molecule is C.CCOC(=O)c1c(N2CCN(C(=O)c3ccc(OC)cc3)CC2)c2cc(C)ccc2[nH]c1=O.CCOC(=O)c1c(N2CCN(C(=O)c3ccc(OC)cc3)CC2)c2cc(C)ccc2n(CCN(C)C)c1=O.CCOC(=O)c1c(OCCN(C)C)nc2ccc(C)cc2c1N1CCN(C(=O)c2ccc(OC)cc2)CC1.CN(C)CCCl.[H-].[Na+]. The number of carbonyl (C=O) groups is 6. The summed E-state index contributed by atoms with van der Waals surface area (Å²) >= 11 is 5.35. The van der Waals surface area contributed by atoms with Crippen LogP contribution in [0.2, 0.25) is 0 Å². The number of aryl methyl sites for hydroxylation is 3. The van der Waals surface area contributed by atoms with Crippen LogP contribution >= 0.6 is 11.6 Å². The van der Waals surface area contributed by atoms with Gasteiger partial charge < -0.3 is 88.2 Å². The molecule has 624 valence electrons. The number of likely N-dealkylation sites (N-methyl/N-ethyl adjacent to an activating group) is 2. The van der Waals surface area contributed by atoms with E-state index >= 15 is 0 Å². The molecule has 0 unspecified atom stereocenters. The summed E-state index contributed by atoms with van der Waals surface area (Å²) in [5.41, 5.74) is 8.54. The molecule has 12 rings (SSSR count). The quantitative estimate of drug-likeness (QED) is 0.0259. The van der Waals surface area contributed by atoms with Crippen LogP contribution in [-0.2, 0) is 20.8 Å². The number of fused-ring (bicyclic) bond motifs is 3. The molecule has 0 radical (unpaired) electrons. The summed E-state index contributed by atoms with van der Waals surface area (Å²) in [5, 5.41) is 2.48. The van der Waals surface area contributed by atoms with E-state index in [1.54, 1.807) is 129 Å². The first-order chi connectivity index (χ1) is 55.3. The number of methoxy groups -OCH3 is 3. The summed E-state index contributed by atoms with van der Waals surface area (Å²) in [6.45, 7) is 20.8. The van der Waals surface area contributed by atoms with Crippen LogP contribution in [0.4, 0.5) is 17.1 Å². The number of benzene rings is 6. The van der Waals surface area contributed by atoms with Gasteiger partial charge in [-0.3, -0.25) is 24.0 Å². The number of alkyl halides is 1. The average Bonchev–Trinajstić information content (AvgIpc) is 0.754. The number of carbonyl (C=O) groups excluding carboxylic acids is 6. The summed E-state index contributed by atoms with van der Waals surface area (Å²) in [4.78, 5) is 130. The number of nitrogens with one attached hydrogen (secondary N) is 1. The number of ether oxygens (including phenoxy) is 7. The Labute approximate surface area is 714 Å². The van der Waals surface area contributed by atoms with Gasteiger partial charge in [-0.05, 0) is 193 Å². The molecule has 3 aliphatic rings. The van der Waals surface area contributed by atoms with Gasteiger partial charge in [-0.25, -0.2) is 19.4 Å². The number of piperazine rings is 3. The molecule has 6 heterocycles. The number of halogens is 1. The van der Waals surface area contributed by atoms with E-state index in [1.807, 2.05) is 147 Å². The average molecular weight is 1640 g/mol. The van der Waals surface area contributed by atoms with Crippen molar-refractivity contribution in [2.75, 3.05) is 209 Å². The van der Waals surface area contributed by atoms with Crippen molar-refractivity contribution in [3.8, 4) is 23.1 Å². The zero-order chi connectivity index (χ0) is 83.2. The molecular weight excluding hydrogens is 1520 g/mol. The maximum atomic E-state index is 13.8. The van der Waals surface area contributed by atoms with Gasteiger partial charge in [0.2, 0.25) is 5.88 Å². The molecule has 1 N–H and O–H groups in total. The van der Waals surface area contributed by atoms with Crippen LogP contribution in [0.1, 0.15) is 108 Å². The van der Waals surface area contributed by atoms with Crippen molar-refractivity contribution < 1.29 is 92.9 Å². The van der Waals surface area contributed by atoms with Gasteiger partial charge >= 0.3 is 47.5 Å². The molecule has 0 atom stereocenters. The predicted molar refractivity (Wildman–Crippen MR) is 460 cm³/mol. The molecule has 0 saturated carbocycles. The third kappa shape index (κ3) is 24.0. The number of hydrogen-bond donors (Lipinski definition) is 1.